The molecule has 1 saturated heterocycles. The van der Waals surface area contributed by atoms with E-state index in [1.165, 1.54) is 10.9 Å². The average Bonchev–Trinajstić information content (AvgIpc) is 3.09. The van der Waals surface area contributed by atoms with Crippen LogP contribution in [-0.4, -0.2) is 30.4 Å². The number of carbonyl (C=O) groups excluding carboxylic acids is 1. The zero-order valence-electron chi connectivity index (χ0n) is 13.3. The molecule has 1 aromatic carbocycles. The van der Waals surface area contributed by atoms with Gasteiger partial charge in [-0.3, -0.25) is 9.69 Å². The molecule has 0 radical (unpaired) electrons. The number of piperidine rings is 1. The van der Waals surface area contributed by atoms with Gasteiger partial charge in [0.1, 0.15) is 0 Å². The molecule has 1 N–H and O–H groups in total. The number of likely N-dealkylation sites (tertiary alicyclic amines) is 1. The molecule has 24 heavy (non-hydrogen) atoms. The van der Waals surface area contributed by atoms with Gasteiger partial charge in [-0.05, 0) is 61.5 Å². The zero-order valence-corrected chi connectivity index (χ0v) is 14.1. The molecule has 0 atom stereocenters. The van der Waals surface area contributed by atoms with E-state index in [0.29, 0.717) is 12.5 Å². The van der Waals surface area contributed by atoms with Gasteiger partial charge in [0.15, 0.2) is 11.6 Å². The number of amides is 1. The molecule has 1 aromatic heterocycles. The van der Waals surface area contributed by atoms with E-state index in [-0.39, 0.29) is 11.5 Å². The smallest absolute Gasteiger partial charge is 0.251 e. The highest BCUT2D eigenvalue weighted by molar-refractivity contribution is 7.09. The fourth-order valence-electron chi connectivity index (χ4n) is 2.95. The van der Waals surface area contributed by atoms with E-state index in [1.54, 1.807) is 11.3 Å². The molecule has 0 spiro atoms. The first-order chi connectivity index (χ1) is 11.6. The van der Waals surface area contributed by atoms with E-state index in [2.05, 4.69) is 27.7 Å². The van der Waals surface area contributed by atoms with Crippen LogP contribution in [0.5, 0.6) is 0 Å². The number of nitrogens with zero attached hydrogens (tertiary/aromatic N) is 1. The number of carbonyl (C=O) groups is 1. The number of benzene rings is 1. The normalized spacial score (nSPS) is 16.2. The molecule has 0 bridgehead atoms. The van der Waals surface area contributed by atoms with Crippen LogP contribution in [0.4, 0.5) is 8.78 Å². The predicted octanol–water partition coefficient (Wildman–Crippen LogP) is 3.67. The topological polar surface area (TPSA) is 32.3 Å². The lowest BCUT2D eigenvalue weighted by Gasteiger charge is -2.31. The summed E-state index contributed by atoms with van der Waals surface area (Å²) in [7, 11) is 0. The minimum absolute atomic E-state index is 0.157. The number of rotatable bonds is 5. The molecule has 1 aliphatic rings. The lowest BCUT2D eigenvalue weighted by Crippen LogP contribution is -2.38. The fourth-order valence-corrected chi connectivity index (χ4v) is 3.69. The van der Waals surface area contributed by atoms with E-state index in [1.807, 2.05) is 0 Å². The largest absolute Gasteiger partial charge is 0.352 e. The zero-order chi connectivity index (χ0) is 16.9. The van der Waals surface area contributed by atoms with Crippen LogP contribution in [0.15, 0.2) is 35.7 Å². The summed E-state index contributed by atoms with van der Waals surface area (Å²) in [6.45, 7) is 3.60. The van der Waals surface area contributed by atoms with Gasteiger partial charge >= 0.3 is 0 Å². The van der Waals surface area contributed by atoms with Crippen LogP contribution in [0, 0.1) is 17.6 Å². The van der Waals surface area contributed by atoms with Crippen molar-refractivity contribution in [2.45, 2.75) is 19.4 Å². The number of hydrogen-bond donors (Lipinski definition) is 1. The first kappa shape index (κ1) is 17.0. The molecule has 1 amide bonds. The standard InChI is InChI=1S/C18H20F2N2OS/c19-16-4-3-14(10-17(16)20)18(23)21-11-13-5-7-22(8-6-13)12-15-2-1-9-24-15/h1-4,9-10,13H,5-8,11-12H2,(H,21,23). The van der Waals surface area contributed by atoms with Gasteiger partial charge in [-0.15, -0.1) is 11.3 Å². The van der Waals surface area contributed by atoms with Crippen LogP contribution in [-0.2, 0) is 6.54 Å². The molecule has 1 fully saturated rings. The Kier molecular flexibility index (Phi) is 5.58. The Morgan fingerprint density at radius 1 is 1.21 bits per heavy atom. The Balaban J connectivity index is 1.43. The van der Waals surface area contributed by atoms with E-state index in [9.17, 15) is 13.6 Å². The van der Waals surface area contributed by atoms with E-state index < -0.39 is 11.6 Å². The molecular weight excluding hydrogens is 330 g/mol. The highest BCUT2D eigenvalue weighted by Crippen LogP contribution is 2.20. The van der Waals surface area contributed by atoms with Crippen molar-refractivity contribution in [3.05, 3.63) is 57.8 Å². The summed E-state index contributed by atoms with van der Waals surface area (Å²) in [5, 5.41) is 4.92. The first-order valence-corrected chi connectivity index (χ1v) is 8.98. The highest BCUT2D eigenvalue weighted by Gasteiger charge is 2.20. The monoisotopic (exact) mass is 350 g/mol. The van der Waals surface area contributed by atoms with Crippen LogP contribution in [0.3, 0.4) is 0 Å². The predicted molar refractivity (Wildman–Crippen MR) is 91.0 cm³/mol. The Bertz CT molecular complexity index is 682. The van der Waals surface area contributed by atoms with E-state index in [0.717, 1.165) is 44.6 Å². The summed E-state index contributed by atoms with van der Waals surface area (Å²) in [4.78, 5) is 15.8. The van der Waals surface area contributed by atoms with Gasteiger partial charge < -0.3 is 5.32 Å². The molecule has 0 saturated carbocycles. The lowest BCUT2D eigenvalue weighted by atomic mass is 9.96. The van der Waals surface area contributed by atoms with Crippen molar-refractivity contribution in [1.82, 2.24) is 10.2 Å². The van der Waals surface area contributed by atoms with Crippen molar-refractivity contribution in [1.29, 1.82) is 0 Å². The lowest BCUT2D eigenvalue weighted by molar-refractivity contribution is 0.0935. The van der Waals surface area contributed by atoms with Crippen LogP contribution in [0.2, 0.25) is 0 Å². The van der Waals surface area contributed by atoms with Gasteiger partial charge in [0.05, 0.1) is 0 Å². The molecule has 2 aromatic rings. The number of thiophene rings is 1. The first-order valence-electron chi connectivity index (χ1n) is 8.10. The number of halogens is 2. The highest BCUT2D eigenvalue weighted by atomic mass is 32.1. The minimum Gasteiger partial charge on any atom is -0.352 e. The molecule has 0 unspecified atom stereocenters. The van der Waals surface area contributed by atoms with Crippen molar-refractivity contribution < 1.29 is 13.6 Å². The molecule has 128 valence electrons. The van der Waals surface area contributed by atoms with Crippen molar-refractivity contribution in [3.8, 4) is 0 Å². The van der Waals surface area contributed by atoms with E-state index >= 15 is 0 Å². The third-order valence-electron chi connectivity index (χ3n) is 4.40. The Labute approximate surface area is 144 Å². The molecule has 3 nitrogen and oxygen atoms in total. The van der Waals surface area contributed by atoms with Gasteiger partial charge in [-0.1, -0.05) is 6.07 Å². The van der Waals surface area contributed by atoms with Crippen LogP contribution >= 0.6 is 11.3 Å². The van der Waals surface area contributed by atoms with Crippen LogP contribution < -0.4 is 5.32 Å². The van der Waals surface area contributed by atoms with Crippen molar-refractivity contribution in [3.63, 3.8) is 0 Å². The van der Waals surface area contributed by atoms with E-state index in [4.69, 9.17) is 0 Å². The third kappa shape index (κ3) is 4.39. The van der Waals surface area contributed by atoms with Gasteiger partial charge in [0.2, 0.25) is 0 Å². The minimum atomic E-state index is -0.996. The van der Waals surface area contributed by atoms with Crippen LogP contribution in [0.1, 0.15) is 28.1 Å². The Hall–Kier alpha value is -1.79. The number of nitrogens with one attached hydrogen (secondary N) is 1. The SMILES string of the molecule is O=C(NCC1CCN(Cc2cccs2)CC1)c1ccc(F)c(F)c1. The average molecular weight is 350 g/mol. The fraction of sp³-hybridized carbons (Fsp3) is 0.389. The summed E-state index contributed by atoms with van der Waals surface area (Å²) >= 11 is 1.78. The summed E-state index contributed by atoms with van der Waals surface area (Å²) in [5.41, 5.74) is 0.157. The molecule has 1 aliphatic heterocycles. The second-order valence-electron chi connectivity index (χ2n) is 6.14. The van der Waals surface area contributed by atoms with Gasteiger partial charge in [-0.2, -0.15) is 0 Å². The summed E-state index contributed by atoms with van der Waals surface area (Å²) in [6, 6.07) is 7.44. The van der Waals surface area contributed by atoms with Crippen molar-refractivity contribution in [2.24, 2.45) is 5.92 Å². The summed E-state index contributed by atoms with van der Waals surface area (Å²) in [6.07, 6.45) is 2.06. The Morgan fingerprint density at radius 3 is 2.67 bits per heavy atom. The third-order valence-corrected chi connectivity index (χ3v) is 5.26. The molecule has 6 heteroatoms. The second kappa shape index (κ2) is 7.85. The molecule has 0 aliphatic carbocycles. The van der Waals surface area contributed by atoms with Crippen molar-refractivity contribution >= 4 is 17.2 Å². The maximum absolute atomic E-state index is 13.2. The number of hydrogen-bond acceptors (Lipinski definition) is 3. The molecular formula is C18H20F2N2OS. The van der Waals surface area contributed by atoms with Gasteiger partial charge in [0, 0.05) is 23.5 Å². The quantitative estimate of drug-likeness (QED) is 0.892. The summed E-state index contributed by atoms with van der Waals surface area (Å²) in [5.74, 6) is -1.86. The summed E-state index contributed by atoms with van der Waals surface area (Å²) < 4.78 is 26.1. The van der Waals surface area contributed by atoms with Crippen LogP contribution in [0.25, 0.3) is 0 Å². The van der Waals surface area contributed by atoms with Gasteiger partial charge in [0.25, 0.3) is 5.91 Å². The maximum Gasteiger partial charge on any atom is 0.251 e. The van der Waals surface area contributed by atoms with Crippen molar-refractivity contribution in [2.75, 3.05) is 19.6 Å². The molecule has 2 heterocycles. The maximum atomic E-state index is 13.2. The second-order valence-corrected chi connectivity index (χ2v) is 7.17. The Morgan fingerprint density at radius 2 is 2.00 bits per heavy atom. The molecule has 3 rings (SSSR count). The van der Waals surface area contributed by atoms with Gasteiger partial charge in [-0.25, -0.2) is 8.78 Å².